The van der Waals surface area contributed by atoms with Crippen molar-refractivity contribution in [3.63, 3.8) is 0 Å². The first-order valence-corrected chi connectivity index (χ1v) is 13.9. The summed E-state index contributed by atoms with van der Waals surface area (Å²) in [7, 11) is 0. The molecule has 7 heteroatoms. The summed E-state index contributed by atoms with van der Waals surface area (Å²) in [6.07, 6.45) is 11.3. The van der Waals surface area contributed by atoms with Crippen LogP contribution in [0.4, 0.5) is 0 Å². The van der Waals surface area contributed by atoms with E-state index in [1.54, 1.807) is 6.07 Å². The van der Waals surface area contributed by atoms with Gasteiger partial charge in [0.1, 0.15) is 0 Å². The maximum absolute atomic E-state index is 12.2. The molecule has 0 aliphatic heterocycles. The van der Waals surface area contributed by atoms with E-state index in [1.165, 1.54) is 30.5 Å². The largest absolute Gasteiger partial charge is 0.504 e. The zero-order valence-corrected chi connectivity index (χ0v) is 22.4. The number of carbonyl (C=O) groups excluding carboxylic acids is 1. The number of allylic oxidation sites excluding steroid dienone is 2. The third-order valence-corrected chi connectivity index (χ3v) is 10.7. The second-order valence-corrected chi connectivity index (χ2v) is 12.6. The third kappa shape index (κ3) is 4.64. The Bertz CT molecular complexity index is 1110. The van der Waals surface area contributed by atoms with E-state index in [1.807, 2.05) is 0 Å². The predicted molar refractivity (Wildman–Crippen MR) is 142 cm³/mol. The maximum Gasteiger partial charge on any atom is 0.260 e. The van der Waals surface area contributed by atoms with Gasteiger partial charge in [0, 0.05) is 6.54 Å². The van der Waals surface area contributed by atoms with Gasteiger partial charge in [0.15, 0.2) is 18.1 Å². The fourth-order valence-corrected chi connectivity index (χ4v) is 8.18. The highest BCUT2D eigenvalue weighted by molar-refractivity contribution is 5.96. The van der Waals surface area contributed by atoms with Crippen molar-refractivity contribution in [2.45, 2.75) is 84.2 Å². The zero-order valence-electron chi connectivity index (χ0n) is 22.4. The van der Waals surface area contributed by atoms with Crippen LogP contribution in [0, 0.1) is 28.6 Å². The molecule has 4 N–H and O–H groups in total. The molecule has 0 heterocycles. The number of aliphatic hydroxyl groups is 1. The van der Waals surface area contributed by atoms with Gasteiger partial charge < -0.3 is 25.5 Å². The number of phenols is 2. The van der Waals surface area contributed by atoms with Crippen LogP contribution in [0.5, 0.6) is 11.5 Å². The maximum atomic E-state index is 12.2. The second kappa shape index (κ2) is 9.64. The number of nitrogens with zero attached hydrogens (tertiary/aromatic N) is 1. The van der Waals surface area contributed by atoms with E-state index in [2.05, 4.69) is 37.3 Å². The highest BCUT2D eigenvalue weighted by Gasteiger charge is 2.62. The lowest BCUT2D eigenvalue weighted by atomic mass is 9.46. The molecule has 0 saturated heterocycles. The first kappa shape index (κ1) is 26.1. The number of fused-ring (bicyclic) bond motifs is 5. The molecule has 37 heavy (non-hydrogen) atoms. The molecule has 0 radical (unpaired) electrons. The number of carbonyl (C=O) groups is 1. The van der Waals surface area contributed by atoms with E-state index in [0.29, 0.717) is 30.7 Å². The molecule has 1 amide bonds. The molecule has 3 saturated carbocycles. The van der Waals surface area contributed by atoms with Crippen molar-refractivity contribution in [3.8, 4) is 11.5 Å². The Morgan fingerprint density at radius 3 is 2.62 bits per heavy atom. The number of oxime groups is 1. The van der Waals surface area contributed by atoms with Crippen LogP contribution in [0.1, 0.15) is 77.7 Å². The van der Waals surface area contributed by atoms with Crippen LogP contribution >= 0.6 is 0 Å². The zero-order chi connectivity index (χ0) is 26.4. The van der Waals surface area contributed by atoms with Crippen LogP contribution in [-0.4, -0.2) is 45.7 Å². The van der Waals surface area contributed by atoms with Gasteiger partial charge in [-0.1, -0.05) is 30.6 Å². The molecule has 4 aliphatic carbocycles. The van der Waals surface area contributed by atoms with Crippen LogP contribution in [-0.2, 0) is 16.1 Å². The number of hydrogen-bond acceptors (Lipinski definition) is 6. The smallest absolute Gasteiger partial charge is 0.260 e. The average Bonchev–Trinajstić information content (AvgIpc) is 3.10. The molecule has 0 spiro atoms. The van der Waals surface area contributed by atoms with Gasteiger partial charge in [-0.05, 0) is 117 Å². The number of hydrogen-bond donors (Lipinski definition) is 4. The average molecular weight is 511 g/mol. The molecule has 5 rings (SSSR count). The van der Waals surface area contributed by atoms with E-state index in [9.17, 15) is 20.1 Å². The fourth-order valence-electron chi connectivity index (χ4n) is 8.18. The Balaban J connectivity index is 1.14. The quantitative estimate of drug-likeness (QED) is 0.323. The highest BCUT2D eigenvalue weighted by atomic mass is 16.6. The van der Waals surface area contributed by atoms with Gasteiger partial charge in [-0.15, -0.1) is 0 Å². The lowest BCUT2D eigenvalue weighted by Crippen LogP contribution is -2.53. The molecular weight excluding hydrogens is 468 g/mol. The Kier molecular flexibility index (Phi) is 6.80. The number of phenolic OH excluding ortho intramolecular Hbond substituents is 2. The summed E-state index contributed by atoms with van der Waals surface area (Å²) in [4.78, 5) is 17.6. The molecule has 0 unspecified atom stereocenters. The molecule has 6 atom stereocenters. The number of rotatable bonds is 6. The van der Waals surface area contributed by atoms with Crippen molar-refractivity contribution >= 4 is 11.6 Å². The normalized spacial score (nSPS) is 37.8. The Hall–Kier alpha value is -2.54. The SMILES string of the molecule is C[C@]12CC/C(=N/OCC(=O)NCCc3ccc(O)c(O)c3)C=C1CC[C@@H]1[C@@H]2CC[C@@]2(C)[C@H]1CC[C@]2(C)O. The minimum atomic E-state index is -0.538. The summed E-state index contributed by atoms with van der Waals surface area (Å²) < 4.78 is 0. The van der Waals surface area contributed by atoms with Gasteiger partial charge in [0.25, 0.3) is 5.91 Å². The monoisotopic (exact) mass is 510 g/mol. The van der Waals surface area contributed by atoms with Crippen LogP contribution in [0.25, 0.3) is 0 Å². The minimum Gasteiger partial charge on any atom is -0.504 e. The first-order chi connectivity index (χ1) is 17.5. The Morgan fingerprint density at radius 2 is 1.84 bits per heavy atom. The third-order valence-electron chi connectivity index (χ3n) is 10.7. The van der Waals surface area contributed by atoms with E-state index in [0.717, 1.165) is 49.8 Å². The van der Waals surface area contributed by atoms with E-state index >= 15 is 0 Å². The predicted octanol–water partition coefficient (Wildman–Crippen LogP) is 4.84. The van der Waals surface area contributed by atoms with Gasteiger partial charge in [0.2, 0.25) is 0 Å². The van der Waals surface area contributed by atoms with Crippen LogP contribution < -0.4 is 5.32 Å². The molecule has 0 aromatic heterocycles. The van der Waals surface area contributed by atoms with Crippen molar-refractivity contribution in [3.05, 3.63) is 35.4 Å². The summed E-state index contributed by atoms with van der Waals surface area (Å²) in [5.74, 6) is 1.43. The molecule has 1 aromatic rings. The highest BCUT2D eigenvalue weighted by Crippen LogP contribution is 2.67. The van der Waals surface area contributed by atoms with Gasteiger partial charge in [0.05, 0.1) is 11.3 Å². The lowest BCUT2D eigenvalue weighted by molar-refractivity contribution is -0.125. The van der Waals surface area contributed by atoms with Gasteiger partial charge in [-0.25, -0.2) is 0 Å². The summed E-state index contributed by atoms with van der Waals surface area (Å²) in [6, 6.07) is 4.64. The molecule has 202 valence electrons. The van der Waals surface area contributed by atoms with Crippen LogP contribution in [0.2, 0.25) is 0 Å². The Morgan fingerprint density at radius 1 is 1.05 bits per heavy atom. The van der Waals surface area contributed by atoms with Crippen molar-refractivity contribution in [1.82, 2.24) is 5.32 Å². The first-order valence-electron chi connectivity index (χ1n) is 13.9. The lowest BCUT2D eigenvalue weighted by Gasteiger charge is -2.59. The fraction of sp³-hybridized carbons (Fsp3) is 0.667. The number of aromatic hydroxyl groups is 2. The van der Waals surface area contributed by atoms with Crippen LogP contribution in [0.3, 0.4) is 0 Å². The molecule has 7 nitrogen and oxygen atoms in total. The molecule has 1 aromatic carbocycles. The number of nitrogens with one attached hydrogen (secondary N) is 1. The van der Waals surface area contributed by atoms with Gasteiger partial charge in [-0.3, -0.25) is 4.79 Å². The second-order valence-electron chi connectivity index (χ2n) is 12.6. The van der Waals surface area contributed by atoms with Crippen LogP contribution in [0.15, 0.2) is 35.0 Å². The van der Waals surface area contributed by atoms with Crippen molar-refractivity contribution in [1.29, 1.82) is 0 Å². The minimum absolute atomic E-state index is 0.0489. The molecule has 3 fully saturated rings. The van der Waals surface area contributed by atoms with Crippen molar-refractivity contribution < 1.29 is 25.0 Å². The molecular formula is C30H42N2O5. The van der Waals surface area contributed by atoms with Gasteiger partial charge >= 0.3 is 0 Å². The summed E-state index contributed by atoms with van der Waals surface area (Å²) in [6.45, 7) is 7.13. The summed E-state index contributed by atoms with van der Waals surface area (Å²) in [5.41, 5.74) is 2.93. The summed E-state index contributed by atoms with van der Waals surface area (Å²) in [5, 5.41) is 37.2. The molecule has 4 aliphatic rings. The van der Waals surface area contributed by atoms with E-state index < -0.39 is 5.60 Å². The number of benzene rings is 1. The molecule has 0 bridgehead atoms. The summed E-state index contributed by atoms with van der Waals surface area (Å²) >= 11 is 0. The van der Waals surface area contributed by atoms with Gasteiger partial charge in [-0.2, -0.15) is 0 Å². The number of amides is 1. The van der Waals surface area contributed by atoms with E-state index in [-0.39, 0.29) is 34.8 Å². The van der Waals surface area contributed by atoms with Crippen molar-refractivity contribution in [2.24, 2.45) is 33.7 Å². The van der Waals surface area contributed by atoms with Crippen molar-refractivity contribution in [2.75, 3.05) is 13.2 Å². The standard InChI is InChI=1S/C30H42N2O5/c1-28-12-8-21(32-37-18-27(35)31-15-11-19-4-7-25(33)26(34)16-19)17-20(28)5-6-22-23(28)9-13-29(2)24(22)10-14-30(29,3)36/h4,7,16-17,22-24,33-34,36H,5-6,8-15,18H2,1-3H3,(H,31,35)/b32-21-/t22-,23+,24+,28+,29+,30+/m1/s1. The Labute approximate surface area is 220 Å². The van der Waals surface area contributed by atoms with E-state index in [4.69, 9.17) is 4.84 Å². The topological polar surface area (TPSA) is 111 Å².